The largest absolute Gasteiger partial charge is 0.491 e. The third-order valence-electron chi connectivity index (χ3n) is 5.56. The number of aromatic nitrogens is 3. The maximum absolute atomic E-state index is 13.4. The van der Waals surface area contributed by atoms with Gasteiger partial charge >= 0.3 is 5.97 Å². The van der Waals surface area contributed by atoms with Crippen molar-refractivity contribution < 1.29 is 14.3 Å². The van der Waals surface area contributed by atoms with Crippen molar-refractivity contribution in [2.45, 2.75) is 64.4 Å². The van der Waals surface area contributed by atoms with Gasteiger partial charge in [-0.2, -0.15) is 4.98 Å². The number of anilines is 1. The van der Waals surface area contributed by atoms with Crippen LogP contribution in [0, 0.1) is 0 Å². The summed E-state index contributed by atoms with van der Waals surface area (Å²) in [6, 6.07) is 17.0. The molecule has 0 fully saturated rings. The fourth-order valence-corrected chi connectivity index (χ4v) is 4.79. The summed E-state index contributed by atoms with van der Waals surface area (Å²) in [5.41, 5.74) is 3.07. The van der Waals surface area contributed by atoms with Gasteiger partial charge in [0.05, 0.1) is 11.7 Å². The van der Waals surface area contributed by atoms with Crippen LogP contribution >= 0.6 is 11.8 Å². The van der Waals surface area contributed by atoms with E-state index >= 15 is 0 Å². The molecule has 0 spiro atoms. The summed E-state index contributed by atoms with van der Waals surface area (Å²) in [4.78, 5) is 18.1. The summed E-state index contributed by atoms with van der Waals surface area (Å²) in [6.45, 7) is 8.23. The number of carbonyl (C=O) groups is 1. The van der Waals surface area contributed by atoms with Crippen molar-refractivity contribution in [3.05, 3.63) is 77.0 Å². The molecule has 1 aliphatic heterocycles. The number of rotatable bonds is 10. The van der Waals surface area contributed by atoms with Gasteiger partial charge in [-0.3, -0.25) is 0 Å². The molecule has 0 saturated heterocycles. The maximum Gasteiger partial charge on any atom is 0.338 e. The van der Waals surface area contributed by atoms with Crippen molar-refractivity contribution in [1.82, 2.24) is 14.8 Å². The minimum Gasteiger partial charge on any atom is -0.491 e. The highest BCUT2D eigenvalue weighted by molar-refractivity contribution is 7.99. The first-order chi connectivity index (χ1) is 17.0. The Balaban J connectivity index is 1.66. The summed E-state index contributed by atoms with van der Waals surface area (Å²) < 4.78 is 13.3. The van der Waals surface area contributed by atoms with E-state index in [1.807, 2.05) is 75.4 Å². The van der Waals surface area contributed by atoms with Crippen LogP contribution in [0.25, 0.3) is 0 Å². The van der Waals surface area contributed by atoms with E-state index in [2.05, 4.69) is 17.2 Å². The molecule has 2 heterocycles. The predicted molar refractivity (Wildman–Crippen MR) is 139 cm³/mol. The molecule has 7 nitrogen and oxygen atoms in total. The quantitative estimate of drug-likeness (QED) is 0.212. The van der Waals surface area contributed by atoms with Crippen LogP contribution in [0.15, 0.2) is 71.0 Å². The zero-order valence-electron chi connectivity index (χ0n) is 20.7. The second kappa shape index (κ2) is 11.4. The van der Waals surface area contributed by atoms with Gasteiger partial charge in [0.1, 0.15) is 18.4 Å². The molecule has 1 N–H and O–H groups in total. The van der Waals surface area contributed by atoms with E-state index in [4.69, 9.17) is 14.6 Å². The van der Waals surface area contributed by atoms with Gasteiger partial charge in [0.25, 0.3) is 0 Å². The maximum atomic E-state index is 13.4. The molecule has 0 aliphatic carbocycles. The van der Waals surface area contributed by atoms with Crippen LogP contribution in [0.2, 0.25) is 0 Å². The smallest absolute Gasteiger partial charge is 0.338 e. The van der Waals surface area contributed by atoms with Gasteiger partial charge in [-0.15, -0.1) is 5.10 Å². The Morgan fingerprint density at radius 3 is 2.57 bits per heavy atom. The van der Waals surface area contributed by atoms with Crippen LogP contribution in [0.5, 0.6) is 5.75 Å². The molecule has 1 unspecified atom stereocenters. The number of benzene rings is 2. The minimum atomic E-state index is -0.462. The first kappa shape index (κ1) is 24.9. The number of unbranched alkanes of at least 4 members (excludes halogenated alkanes) is 1. The van der Waals surface area contributed by atoms with Gasteiger partial charge in [-0.05, 0) is 50.5 Å². The molecule has 0 saturated carbocycles. The van der Waals surface area contributed by atoms with Gasteiger partial charge in [-0.1, -0.05) is 67.6 Å². The highest BCUT2D eigenvalue weighted by atomic mass is 32.2. The Morgan fingerprint density at radius 1 is 1.14 bits per heavy atom. The average Bonchev–Trinajstić information content (AvgIpc) is 3.25. The molecular weight excluding hydrogens is 460 g/mol. The Morgan fingerprint density at radius 2 is 1.89 bits per heavy atom. The number of hydrogen-bond acceptors (Lipinski definition) is 7. The number of thioether (sulfide) groups is 1. The fraction of sp³-hybridized carbons (Fsp3) is 0.370. The molecule has 2 aromatic carbocycles. The van der Waals surface area contributed by atoms with Crippen LogP contribution in [0.4, 0.5) is 5.95 Å². The summed E-state index contributed by atoms with van der Waals surface area (Å²) in [7, 11) is 0. The Hall–Kier alpha value is -3.26. The lowest BCUT2D eigenvalue weighted by atomic mass is 9.95. The minimum absolute atomic E-state index is 0.0787. The number of allylic oxidation sites excluding steroid dienone is 1. The van der Waals surface area contributed by atoms with Gasteiger partial charge in [0, 0.05) is 11.4 Å². The number of hydrogen-bond donors (Lipinski definition) is 1. The van der Waals surface area contributed by atoms with Gasteiger partial charge < -0.3 is 14.8 Å². The first-order valence-corrected chi connectivity index (χ1v) is 13.0. The van der Waals surface area contributed by atoms with Crippen molar-refractivity contribution in [3.63, 3.8) is 0 Å². The van der Waals surface area contributed by atoms with Crippen molar-refractivity contribution in [2.24, 2.45) is 0 Å². The van der Waals surface area contributed by atoms with E-state index in [1.54, 1.807) is 16.4 Å². The summed E-state index contributed by atoms with van der Waals surface area (Å²) in [6.07, 6.45) is 2.29. The summed E-state index contributed by atoms with van der Waals surface area (Å²) in [5, 5.41) is 8.73. The Labute approximate surface area is 210 Å². The molecule has 4 rings (SSSR count). The van der Waals surface area contributed by atoms with E-state index < -0.39 is 6.04 Å². The van der Waals surface area contributed by atoms with E-state index in [0.29, 0.717) is 22.4 Å². The monoisotopic (exact) mass is 492 g/mol. The summed E-state index contributed by atoms with van der Waals surface area (Å²) >= 11 is 1.63. The zero-order chi connectivity index (χ0) is 24.8. The number of esters is 1. The van der Waals surface area contributed by atoms with E-state index in [9.17, 15) is 4.79 Å². The number of nitrogens with zero attached hydrogens (tertiary/aromatic N) is 3. The number of carbonyl (C=O) groups excluding carboxylic acids is 1. The molecule has 8 heteroatoms. The number of nitrogens with one attached hydrogen (secondary N) is 1. The van der Waals surface area contributed by atoms with Crippen LogP contribution in [-0.2, 0) is 16.1 Å². The van der Waals surface area contributed by atoms with Crippen molar-refractivity contribution in [2.75, 3.05) is 11.1 Å². The average molecular weight is 493 g/mol. The van der Waals surface area contributed by atoms with Crippen molar-refractivity contribution in [1.29, 1.82) is 0 Å². The van der Waals surface area contributed by atoms with E-state index in [0.717, 1.165) is 35.5 Å². The molecular formula is C27H32N4O3S. The first-order valence-electron chi connectivity index (χ1n) is 12.0. The highest BCUT2D eigenvalue weighted by Crippen LogP contribution is 2.37. The lowest BCUT2D eigenvalue weighted by Gasteiger charge is -2.28. The molecule has 35 heavy (non-hydrogen) atoms. The van der Waals surface area contributed by atoms with E-state index in [-0.39, 0.29) is 18.7 Å². The van der Waals surface area contributed by atoms with Gasteiger partial charge in [-0.25, -0.2) is 9.48 Å². The highest BCUT2D eigenvalue weighted by Gasteiger charge is 2.35. The molecule has 0 radical (unpaired) electrons. The Kier molecular flexibility index (Phi) is 8.13. The van der Waals surface area contributed by atoms with Crippen molar-refractivity contribution >= 4 is 23.7 Å². The fourth-order valence-electron chi connectivity index (χ4n) is 3.87. The number of ether oxygens (including phenoxy) is 2. The van der Waals surface area contributed by atoms with Crippen LogP contribution in [-0.4, -0.2) is 32.6 Å². The van der Waals surface area contributed by atoms with Gasteiger partial charge in [0.15, 0.2) is 0 Å². The SMILES string of the molecule is CCCCSc1nc2n(n1)C(c1ccc(OC(C)C)cc1)C(C(=O)OCc1ccccc1)=C(C)N2. The molecule has 3 aromatic rings. The van der Waals surface area contributed by atoms with Crippen LogP contribution in [0.1, 0.15) is 57.7 Å². The van der Waals surface area contributed by atoms with Crippen molar-refractivity contribution in [3.8, 4) is 5.75 Å². The van der Waals surface area contributed by atoms with Crippen LogP contribution in [0.3, 0.4) is 0 Å². The van der Waals surface area contributed by atoms with E-state index in [1.165, 1.54) is 0 Å². The third-order valence-corrected chi connectivity index (χ3v) is 6.49. The summed E-state index contributed by atoms with van der Waals surface area (Å²) in [5.74, 6) is 1.96. The normalized spacial score (nSPS) is 15.1. The molecule has 0 amide bonds. The van der Waals surface area contributed by atoms with Crippen LogP contribution < -0.4 is 10.1 Å². The third kappa shape index (κ3) is 6.06. The standard InChI is InChI=1S/C27H32N4O3S/c1-5-6-16-35-27-29-26-28-19(4)23(25(32)33-17-20-10-8-7-9-11-20)24(31(26)30-27)21-12-14-22(15-13-21)34-18(2)3/h7-15,18,24H,5-6,16-17H2,1-4H3,(H,28,29,30). The molecule has 184 valence electrons. The second-order valence-corrected chi connectivity index (χ2v) is 9.79. The Bertz CT molecular complexity index is 1170. The molecule has 1 aromatic heterocycles. The lowest BCUT2D eigenvalue weighted by molar-refractivity contribution is -0.140. The second-order valence-electron chi connectivity index (χ2n) is 8.73. The topological polar surface area (TPSA) is 78.3 Å². The molecule has 0 bridgehead atoms. The lowest BCUT2D eigenvalue weighted by Crippen LogP contribution is -2.29. The number of fused-ring (bicyclic) bond motifs is 1. The molecule has 1 aliphatic rings. The zero-order valence-corrected chi connectivity index (χ0v) is 21.5. The molecule has 1 atom stereocenters. The van der Waals surface area contributed by atoms with Gasteiger partial charge in [0.2, 0.25) is 11.1 Å². The predicted octanol–water partition coefficient (Wildman–Crippen LogP) is 5.99.